The first kappa shape index (κ1) is 95.5. The Kier molecular flexibility index (Phi) is 37.7. The SMILES string of the molecule is COC(=O)N[C@H]1[C@H](O[C@H]2[C@H](O)[C@@H](N)[C@H](O[C@H]3[C@H](O)[C@@H](N)[C@H](O)O[C@@H]3CO)O[C@@H]2CO)O[C@H](CO)[C@@H](O[C@@H]2O[C@H](CO)[C@@H](O[C@@H]3O[C@H](CO)[C@@H](O[C@@H]4O[C@H](CO)[C@@H](O[C@@H]5O[C@H](CO)[C@@H](O[C@@H]6O[C@H](CO)[C@@H](O[C@@H]7O[C@H](CO)[C@@H](O)[C@H](O)[C@H]7N)[C@H](O)[C@H]6N)[C@H](O)[C@H]5N)[C@H](O)[C@H]4N)[C@H](O)[C@H]3N)[C@H](O)[C@H]2N)[C@@H]1O.Cl.[Cl-].[K+]. The minimum atomic E-state index is -2.04. The van der Waals surface area contributed by atoms with Crippen LogP contribution in [0.5, 0.6) is 0 Å². The smallest absolute Gasteiger partial charge is 1.00 e. The van der Waals surface area contributed by atoms with Crippen LogP contribution in [0, 0.1) is 0 Å². The second kappa shape index (κ2) is 42.2. The molecule has 107 heavy (non-hydrogen) atoms. The molecule has 0 aromatic heterocycles. The third-order valence-electron chi connectivity index (χ3n) is 19.9. The van der Waals surface area contributed by atoms with Crippen LogP contribution in [0.25, 0.3) is 0 Å². The fraction of sp³-hybridized carbons (Fsp3) is 0.982. The van der Waals surface area contributed by atoms with Crippen LogP contribution in [0.15, 0.2) is 0 Å². The Morgan fingerprint density at radius 3 is 0.710 bits per heavy atom. The maximum absolute atomic E-state index is 12.8. The average Bonchev–Trinajstić information content (AvgIpc) is 0.781. The quantitative estimate of drug-likeness (QED) is 0.0358. The van der Waals surface area contributed by atoms with Crippen molar-refractivity contribution in [1.29, 1.82) is 0 Å². The molecule has 622 valence electrons. The molecule has 9 saturated heterocycles. The summed E-state index contributed by atoms with van der Waals surface area (Å²) in [6, 6.07) is -14.6. The maximum Gasteiger partial charge on any atom is 1.00 e. The van der Waals surface area contributed by atoms with E-state index in [1.165, 1.54) is 0 Å². The van der Waals surface area contributed by atoms with Crippen LogP contribution in [0.1, 0.15) is 0 Å². The zero-order valence-electron chi connectivity index (χ0n) is 57.5. The number of nitrogens with one attached hydrogen (secondary N) is 1. The van der Waals surface area contributed by atoms with Crippen molar-refractivity contribution in [2.75, 3.05) is 66.6 Å². The number of halogens is 2. The Morgan fingerprint density at radius 2 is 0.477 bits per heavy atom. The van der Waals surface area contributed by atoms with E-state index in [1.54, 1.807) is 0 Å². The Morgan fingerprint density at radius 1 is 0.290 bits per heavy atom. The van der Waals surface area contributed by atoms with E-state index in [4.69, 9.17) is 131 Å². The van der Waals surface area contributed by atoms with Crippen LogP contribution in [-0.2, 0) is 85.3 Å². The average molecular weight is 1640 g/mol. The van der Waals surface area contributed by atoms with Gasteiger partial charge in [0.25, 0.3) is 0 Å². The molecule has 0 unspecified atom stereocenters. The second-order valence-electron chi connectivity index (χ2n) is 26.5. The van der Waals surface area contributed by atoms with E-state index in [2.05, 4.69) is 5.32 Å². The van der Waals surface area contributed by atoms with Crippen molar-refractivity contribution in [3.05, 3.63) is 0 Å². The molecule has 0 aromatic rings. The monoisotopic (exact) mass is 1640 g/mol. The number of aliphatic hydroxyl groups is 20. The molecule has 0 bridgehead atoms. The summed E-state index contributed by atoms with van der Waals surface area (Å²) in [4.78, 5) is 12.8. The summed E-state index contributed by atoms with van der Waals surface area (Å²) >= 11 is 0. The van der Waals surface area contributed by atoms with Crippen molar-refractivity contribution in [1.82, 2.24) is 5.32 Å². The van der Waals surface area contributed by atoms with Crippen LogP contribution >= 0.6 is 12.4 Å². The van der Waals surface area contributed by atoms with Crippen molar-refractivity contribution in [3.63, 3.8) is 0 Å². The summed E-state index contributed by atoms with van der Waals surface area (Å²) < 4.78 is 104. The number of nitrogens with two attached hydrogens (primary N) is 8. The van der Waals surface area contributed by atoms with Gasteiger partial charge in [0.05, 0.1) is 115 Å². The fourth-order valence-electron chi connectivity index (χ4n) is 13.7. The zero-order valence-corrected chi connectivity index (χ0v) is 62.1. The first-order chi connectivity index (χ1) is 49.4. The molecule has 9 aliphatic rings. The second-order valence-corrected chi connectivity index (χ2v) is 26.5. The molecule has 0 spiro atoms. The molecule has 37 N–H and O–H groups in total. The molecule has 1 amide bonds. The van der Waals surface area contributed by atoms with Gasteiger partial charge in [0.15, 0.2) is 56.6 Å². The molecular weight excluding hydrogens is 1530 g/mol. The number of carbonyl (C=O) groups is 1. The molecule has 9 rings (SSSR count). The molecule has 0 saturated carbocycles. The van der Waals surface area contributed by atoms with Gasteiger partial charge in [0, 0.05) is 0 Å². The van der Waals surface area contributed by atoms with Crippen LogP contribution < -0.4 is 115 Å². The molecular formula is C56H104Cl2KN9O39. The summed E-state index contributed by atoms with van der Waals surface area (Å²) in [5, 5.41) is 219. The summed E-state index contributed by atoms with van der Waals surface area (Å²) in [6.07, 6.45) is -62.6. The minimum absolute atomic E-state index is 0. The van der Waals surface area contributed by atoms with Crippen LogP contribution in [0.2, 0.25) is 0 Å². The van der Waals surface area contributed by atoms with Gasteiger partial charge in [-0.1, -0.05) is 0 Å². The van der Waals surface area contributed by atoms with Crippen molar-refractivity contribution >= 4 is 18.5 Å². The summed E-state index contributed by atoms with van der Waals surface area (Å²) in [5.74, 6) is 0. The molecule has 48 nitrogen and oxygen atoms in total. The number of aliphatic hydroxyl groups excluding tert-OH is 20. The molecule has 0 aromatic carbocycles. The van der Waals surface area contributed by atoms with E-state index >= 15 is 0 Å². The van der Waals surface area contributed by atoms with E-state index in [-0.39, 0.29) is 76.2 Å². The Hall–Kier alpha value is -0.314. The van der Waals surface area contributed by atoms with Gasteiger partial charge in [-0.3, -0.25) is 0 Å². The molecule has 9 aliphatic heterocycles. The third-order valence-corrected chi connectivity index (χ3v) is 19.9. The molecule has 9 heterocycles. The first-order valence-electron chi connectivity index (χ1n) is 33.4. The summed E-state index contributed by atoms with van der Waals surface area (Å²) in [5.41, 5.74) is 50.2. The minimum Gasteiger partial charge on any atom is -1.00 e. The van der Waals surface area contributed by atoms with Crippen LogP contribution in [0.3, 0.4) is 0 Å². The van der Waals surface area contributed by atoms with Crippen molar-refractivity contribution in [3.8, 4) is 0 Å². The molecule has 51 heteroatoms. The van der Waals surface area contributed by atoms with Gasteiger partial charge >= 0.3 is 57.5 Å². The van der Waals surface area contributed by atoms with Gasteiger partial charge in [-0.2, -0.15) is 0 Å². The number of carbonyl (C=O) groups excluding carboxylic acids is 1. The Bertz CT molecular complexity index is 2640. The number of rotatable bonds is 26. The van der Waals surface area contributed by atoms with E-state index in [9.17, 15) is 107 Å². The predicted molar refractivity (Wildman–Crippen MR) is 333 cm³/mol. The van der Waals surface area contributed by atoms with E-state index in [1.807, 2.05) is 0 Å². The van der Waals surface area contributed by atoms with E-state index < -0.39 is 341 Å². The largest absolute Gasteiger partial charge is 1.00 e. The van der Waals surface area contributed by atoms with Gasteiger partial charge in [0.2, 0.25) is 0 Å². The van der Waals surface area contributed by atoms with Gasteiger partial charge in [-0.25, -0.2) is 4.79 Å². The standard InChI is InChI=1S/C56H103N9O39.2ClH.K/c1-87-56(86)65-28-38(84)46(19(10-74)96-55(28)104-45-18(9-73)95-49(27(64)37(45)83)97-39-12(3-67)88-47(85)20(57)31(39)77)103-54-26(63)36(82)44(17(8-72)94-54)102-53-25(62)35(81)43(16(7-71)93-53)101-52-24(61)34(80)42(15(6-70)92-52)100-51-23(60)33(79)41(14(5-69)91-51)99-50-22(59)32(78)40(13(4-68)90-50)98-48-21(58)30(76)29(75)11(2-66)89-48;;;/h11-55,66-85H,2-10,57-64H2,1H3,(H,65,86);2*1H;/q;;;+1/p-1/t11-,12-,13-,14-,15-,16-,17-,18-,19-,20-,21-,22-,23-,24-,25-,26-,27-,28-,29-,30-,31-,32-,33-,34-,35-,36-,37-,38-,39-,40-,41-,42-,43-,44-,45-,46-,47-,48+,49+,50+,51+,52+,53+,54+,55+;;;/m1.../s1. The van der Waals surface area contributed by atoms with Gasteiger partial charge in [-0.15, -0.1) is 12.4 Å². The Labute approximate surface area is 663 Å². The number of hydrogen-bond donors (Lipinski definition) is 29. The van der Waals surface area contributed by atoms with Gasteiger partial charge in [-0.05, 0) is 0 Å². The molecule has 45 atom stereocenters. The number of ether oxygens (including phenoxy) is 18. The summed E-state index contributed by atoms with van der Waals surface area (Å²) in [7, 11) is 0.957. The van der Waals surface area contributed by atoms with Crippen molar-refractivity contribution in [2.45, 2.75) is 276 Å². The van der Waals surface area contributed by atoms with E-state index in [0.29, 0.717) is 0 Å². The van der Waals surface area contributed by atoms with Gasteiger partial charge < -0.3 is 251 Å². The van der Waals surface area contributed by atoms with E-state index in [0.717, 1.165) is 7.11 Å². The summed E-state index contributed by atoms with van der Waals surface area (Å²) in [6.45, 7) is -8.24. The van der Waals surface area contributed by atoms with Crippen LogP contribution in [0.4, 0.5) is 4.79 Å². The predicted octanol–water partition coefficient (Wildman–Crippen LogP) is -26.1. The number of alkyl carbamates (subject to hydrolysis) is 1. The topological polar surface area (TPSA) is 808 Å². The Balaban J connectivity index is 0.00000597. The van der Waals surface area contributed by atoms with Gasteiger partial charge in [0.1, 0.15) is 171 Å². The number of methoxy groups -OCH3 is 1. The number of amides is 1. The van der Waals surface area contributed by atoms with Crippen LogP contribution in [-0.4, -0.2) is 451 Å². The van der Waals surface area contributed by atoms with Crippen molar-refractivity contribution in [2.24, 2.45) is 45.9 Å². The zero-order chi connectivity index (χ0) is 76.4. The molecule has 9 fully saturated rings. The number of hydrogen-bond acceptors (Lipinski definition) is 47. The third kappa shape index (κ3) is 20.5. The maximum atomic E-state index is 12.8. The normalized spacial score (nSPS) is 50.5. The molecule has 0 radical (unpaired) electrons. The molecule has 0 aliphatic carbocycles. The fourth-order valence-corrected chi connectivity index (χ4v) is 13.7. The first-order valence-corrected chi connectivity index (χ1v) is 33.4. The van der Waals surface area contributed by atoms with Crippen molar-refractivity contribution < 1.29 is 256 Å².